The highest BCUT2D eigenvalue weighted by atomic mass is 79.9. The smallest absolute Gasteiger partial charge is 0.193 e. The van der Waals surface area contributed by atoms with Crippen molar-refractivity contribution in [1.82, 2.24) is 0 Å². The molecule has 0 fully saturated rings. The Balaban J connectivity index is 2.92. The van der Waals surface area contributed by atoms with E-state index in [2.05, 4.69) is 72.3 Å². The van der Waals surface area contributed by atoms with Crippen LogP contribution in [0.5, 0.6) is 5.75 Å². The molecule has 0 unspecified atom stereocenters. The Hall–Kier alpha value is -0.403. The molecule has 2 atom stereocenters. The molecule has 0 N–H and O–H groups in total. The molecule has 0 aliphatic carbocycles. The number of hydrogen-bond donors (Lipinski definition) is 0. The molecule has 3 nitrogen and oxygen atoms in total. The van der Waals surface area contributed by atoms with E-state index in [1.807, 2.05) is 36.4 Å². The molecule has 0 aliphatic heterocycles. The molecular formula is C20H30Br2O3Si. The zero-order chi connectivity index (χ0) is 20.0. The highest BCUT2D eigenvalue weighted by molar-refractivity contribution is 9.28. The van der Waals surface area contributed by atoms with Crippen molar-refractivity contribution in [3.8, 4) is 5.75 Å². The number of benzene rings is 1. The predicted octanol–water partition coefficient (Wildman–Crippen LogP) is 6.79. The molecule has 0 saturated carbocycles. The lowest BCUT2D eigenvalue weighted by Crippen LogP contribution is -2.46. The van der Waals surface area contributed by atoms with Gasteiger partial charge in [-0.15, -0.1) is 6.58 Å². The zero-order valence-corrected chi connectivity index (χ0v) is 20.7. The summed E-state index contributed by atoms with van der Waals surface area (Å²) in [6.07, 6.45) is 3.32. The van der Waals surface area contributed by atoms with Crippen LogP contribution in [0.2, 0.25) is 18.1 Å². The number of methoxy groups -OCH3 is 1. The molecule has 0 spiro atoms. The van der Waals surface area contributed by atoms with Crippen molar-refractivity contribution >= 4 is 40.2 Å². The molecular weight excluding hydrogens is 476 g/mol. The summed E-state index contributed by atoms with van der Waals surface area (Å²) in [4.78, 5) is 0. The lowest BCUT2D eigenvalue weighted by atomic mass is 10.2. The summed E-state index contributed by atoms with van der Waals surface area (Å²) in [6, 6.07) is 7.86. The number of rotatable bonds is 9. The minimum absolute atomic E-state index is 0.115. The van der Waals surface area contributed by atoms with Crippen LogP contribution < -0.4 is 4.74 Å². The van der Waals surface area contributed by atoms with Crippen molar-refractivity contribution in [3.63, 3.8) is 0 Å². The van der Waals surface area contributed by atoms with Gasteiger partial charge in [-0.1, -0.05) is 39.0 Å². The summed E-state index contributed by atoms with van der Waals surface area (Å²) in [6.45, 7) is 15.6. The van der Waals surface area contributed by atoms with Crippen LogP contribution in [-0.4, -0.2) is 27.6 Å². The van der Waals surface area contributed by atoms with Gasteiger partial charge in [0.2, 0.25) is 0 Å². The summed E-state index contributed by atoms with van der Waals surface area (Å²) in [5, 5.41) is 0.115. The van der Waals surface area contributed by atoms with Gasteiger partial charge < -0.3 is 13.9 Å². The molecule has 1 aromatic rings. The lowest BCUT2D eigenvalue weighted by Gasteiger charge is -2.40. The molecule has 0 radical (unpaired) electrons. The summed E-state index contributed by atoms with van der Waals surface area (Å²) in [5.74, 6) is 0.832. The van der Waals surface area contributed by atoms with Crippen LogP contribution in [-0.2, 0) is 15.8 Å². The van der Waals surface area contributed by atoms with Crippen LogP contribution in [0, 0.1) is 0 Å². The maximum Gasteiger partial charge on any atom is 0.193 e. The quantitative estimate of drug-likeness (QED) is 0.273. The van der Waals surface area contributed by atoms with Crippen molar-refractivity contribution in [2.24, 2.45) is 0 Å². The van der Waals surface area contributed by atoms with Crippen molar-refractivity contribution in [2.75, 3.05) is 7.11 Å². The van der Waals surface area contributed by atoms with Crippen molar-refractivity contribution in [2.45, 2.75) is 57.7 Å². The summed E-state index contributed by atoms with van der Waals surface area (Å²) in [5.41, 5.74) is 1.07. The van der Waals surface area contributed by atoms with E-state index < -0.39 is 8.32 Å². The monoisotopic (exact) mass is 504 g/mol. The van der Waals surface area contributed by atoms with Gasteiger partial charge in [0.25, 0.3) is 0 Å². The van der Waals surface area contributed by atoms with E-state index in [0.29, 0.717) is 6.61 Å². The molecule has 0 amide bonds. The van der Waals surface area contributed by atoms with Gasteiger partial charge >= 0.3 is 0 Å². The molecule has 0 bridgehead atoms. The summed E-state index contributed by atoms with van der Waals surface area (Å²) < 4.78 is 18.7. The minimum atomic E-state index is -1.95. The third-order valence-electron chi connectivity index (χ3n) is 4.68. The topological polar surface area (TPSA) is 27.7 Å². The lowest BCUT2D eigenvalue weighted by molar-refractivity contribution is 0.00695. The first-order chi connectivity index (χ1) is 12.0. The van der Waals surface area contributed by atoms with Crippen molar-refractivity contribution < 1.29 is 13.9 Å². The second-order valence-electron chi connectivity index (χ2n) is 7.66. The first kappa shape index (κ1) is 23.6. The normalized spacial score (nSPS) is 14.5. The molecule has 0 saturated heterocycles. The highest BCUT2D eigenvalue weighted by Gasteiger charge is 2.40. The average Bonchev–Trinajstić information content (AvgIpc) is 2.55. The first-order valence-corrected chi connectivity index (χ1v) is 13.1. The molecule has 0 heterocycles. The second kappa shape index (κ2) is 10.2. The molecule has 0 aromatic heterocycles. The van der Waals surface area contributed by atoms with Gasteiger partial charge in [-0.05, 0) is 73.8 Å². The van der Waals surface area contributed by atoms with Crippen molar-refractivity contribution in [1.29, 1.82) is 0 Å². The molecule has 0 aliphatic rings. The maximum atomic E-state index is 6.53. The van der Waals surface area contributed by atoms with E-state index in [-0.39, 0.29) is 17.2 Å². The van der Waals surface area contributed by atoms with Crippen LogP contribution in [0.15, 0.2) is 46.4 Å². The second-order valence-corrected chi connectivity index (χ2v) is 15.2. The van der Waals surface area contributed by atoms with Gasteiger partial charge in [-0.2, -0.15) is 0 Å². The van der Waals surface area contributed by atoms with Crippen LogP contribution in [0.1, 0.15) is 26.3 Å². The summed E-state index contributed by atoms with van der Waals surface area (Å²) >= 11 is 6.88. The molecule has 1 rings (SSSR count). The van der Waals surface area contributed by atoms with Gasteiger partial charge in [0.1, 0.15) is 11.9 Å². The van der Waals surface area contributed by atoms with Gasteiger partial charge in [-0.3, -0.25) is 0 Å². The van der Waals surface area contributed by atoms with Crippen LogP contribution in [0.4, 0.5) is 0 Å². The van der Waals surface area contributed by atoms with E-state index in [9.17, 15) is 0 Å². The van der Waals surface area contributed by atoms with Crippen molar-refractivity contribution in [3.05, 3.63) is 52.0 Å². The van der Waals surface area contributed by atoms with Crippen LogP contribution >= 0.6 is 31.9 Å². The molecule has 146 valence electrons. The van der Waals surface area contributed by atoms with Gasteiger partial charge in [0.05, 0.1) is 23.2 Å². The molecule has 1 aromatic carbocycles. The van der Waals surface area contributed by atoms with E-state index in [1.165, 1.54) is 0 Å². The van der Waals surface area contributed by atoms with Gasteiger partial charge in [0, 0.05) is 0 Å². The molecule has 26 heavy (non-hydrogen) atoms. The van der Waals surface area contributed by atoms with Crippen LogP contribution in [0.25, 0.3) is 0 Å². The Labute approximate surface area is 176 Å². The Kier molecular flexibility index (Phi) is 9.30. The first-order valence-electron chi connectivity index (χ1n) is 8.58. The predicted molar refractivity (Wildman–Crippen MR) is 120 cm³/mol. The van der Waals surface area contributed by atoms with E-state index in [4.69, 9.17) is 13.9 Å². The zero-order valence-electron chi connectivity index (χ0n) is 16.5. The van der Waals surface area contributed by atoms with Gasteiger partial charge in [-0.25, -0.2) is 0 Å². The van der Waals surface area contributed by atoms with E-state index in [0.717, 1.165) is 14.7 Å². The molecule has 6 heteroatoms. The number of hydrogen-bond acceptors (Lipinski definition) is 3. The van der Waals surface area contributed by atoms with Gasteiger partial charge in [0.15, 0.2) is 8.32 Å². The Bertz CT molecular complexity index is 602. The minimum Gasteiger partial charge on any atom is -0.497 e. The Morgan fingerprint density at radius 3 is 2.15 bits per heavy atom. The van der Waals surface area contributed by atoms with Crippen LogP contribution in [0.3, 0.4) is 0 Å². The maximum absolute atomic E-state index is 6.53. The Morgan fingerprint density at radius 1 is 1.15 bits per heavy atom. The third kappa shape index (κ3) is 7.31. The summed E-state index contributed by atoms with van der Waals surface area (Å²) in [7, 11) is -0.292. The fourth-order valence-electron chi connectivity index (χ4n) is 2.04. The number of ether oxygens (including phenoxy) is 2. The largest absolute Gasteiger partial charge is 0.497 e. The van der Waals surface area contributed by atoms with E-state index in [1.54, 1.807) is 7.11 Å². The Morgan fingerprint density at radius 2 is 1.73 bits per heavy atom. The fraction of sp³-hybridized carbons (Fsp3) is 0.500. The average molecular weight is 506 g/mol. The number of halogens is 2. The third-order valence-corrected chi connectivity index (χ3v) is 9.69. The highest BCUT2D eigenvalue weighted by Crippen LogP contribution is 2.38. The standard InChI is InChI=1S/C20H30Br2O3Si/c1-8-17(25-26(6,7)20(2,3)4)18(13-19(21)22)24-14-15-9-11-16(23-5)12-10-15/h8-13,17-18H,1,14H2,2-7H3/t17-,18-/m0/s1. The van der Waals surface area contributed by atoms with E-state index >= 15 is 0 Å². The SMILES string of the molecule is C=C[C@H](O[Si](C)(C)C(C)(C)C)[C@H](C=C(Br)Br)OCc1ccc(OC)cc1. The fourth-order valence-corrected chi connectivity index (χ4v) is 3.83.